The first kappa shape index (κ1) is 15.9. The molecule has 1 heterocycles. The largest absolute Gasteiger partial charge is 0.334 e. The second-order valence-electron chi connectivity index (χ2n) is 7.46. The number of rotatable bonds is 4. The lowest BCUT2D eigenvalue weighted by atomic mass is 9.78. The maximum Gasteiger partial charge on any atom is 0.253 e. The van der Waals surface area contributed by atoms with E-state index in [1.165, 1.54) is 11.1 Å². The average molecular weight is 311 g/mol. The van der Waals surface area contributed by atoms with Gasteiger partial charge in [0.05, 0.1) is 0 Å². The van der Waals surface area contributed by atoms with Crippen molar-refractivity contribution in [3.05, 3.63) is 41.8 Å². The summed E-state index contributed by atoms with van der Waals surface area (Å²) in [6, 6.07) is 8.36. The lowest BCUT2D eigenvalue weighted by Crippen LogP contribution is -2.14. The summed E-state index contributed by atoms with van der Waals surface area (Å²) in [5, 5.41) is 4.15. The van der Waals surface area contributed by atoms with Gasteiger partial charge in [-0.15, -0.1) is 0 Å². The van der Waals surface area contributed by atoms with Gasteiger partial charge in [0, 0.05) is 17.7 Å². The molecule has 0 saturated carbocycles. The Kier molecular flexibility index (Phi) is 4.35. The fourth-order valence-electron chi connectivity index (χ4n) is 2.87. The van der Waals surface area contributed by atoms with Crippen molar-refractivity contribution < 1.29 is 4.52 Å². The predicted molar refractivity (Wildman–Crippen MR) is 92.7 cm³/mol. The Hall–Kier alpha value is -1.94. The maximum absolute atomic E-state index is 5.48. The van der Waals surface area contributed by atoms with E-state index in [4.69, 9.17) is 4.52 Å². The van der Waals surface area contributed by atoms with Crippen LogP contribution in [0.4, 0.5) is 0 Å². The number of benzene rings is 1. The van der Waals surface area contributed by atoms with Crippen molar-refractivity contribution in [2.75, 3.05) is 14.1 Å². The number of hydrogen-bond acceptors (Lipinski definition) is 4. The van der Waals surface area contributed by atoms with E-state index in [1.807, 2.05) is 0 Å². The van der Waals surface area contributed by atoms with Crippen molar-refractivity contribution >= 4 is 5.57 Å². The molecule has 0 bridgehead atoms. The van der Waals surface area contributed by atoms with Gasteiger partial charge >= 0.3 is 0 Å². The van der Waals surface area contributed by atoms with Crippen molar-refractivity contribution in [3.63, 3.8) is 0 Å². The van der Waals surface area contributed by atoms with Gasteiger partial charge in [0.2, 0.25) is 5.82 Å². The molecule has 1 aromatic carbocycles. The Bertz CT molecular complexity index is 696. The molecular weight excluding hydrogens is 286 g/mol. The van der Waals surface area contributed by atoms with Crippen molar-refractivity contribution in [3.8, 4) is 11.4 Å². The summed E-state index contributed by atoms with van der Waals surface area (Å²) >= 11 is 0. The second kappa shape index (κ2) is 6.28. The molecule has 0 amide bonds. The standard InChI is InChI=1S/C19H25N3O/c1-19(2)11-9-16(10-12-19)18-20-17(21-23-18)15-7-5-14(6-8-15)13-22(3)4/h5-9H,10-13H2,1-4H3. The highest BCUT2D eigenvalue weighted by molar-refractivity contribution is 5.62. The van der Waals surface area contributed by atoms with Crippen LogP contribution in [0.3, 0.4) is 0 Å². The number of hydrogen-bond donors (Lipinski definition) is 0. The van der Waals surface area contributed by atoms with Gasteiger partial charge in [-0.3, -0.25) is 0 Å². The molecule has 0 aliphatic heterocycles. The third-order valence-corrected chi connectivity index (χ3v) is 4.38. The summed E-state index contributed by atoms with van der Waals surface area (Å²) in [6.45, 7) is 5.53. The third kappa shape index (κ3) is 3.88. The smallest absolute Gasteiger partial charge is 0.253 e. The van der Waals surface area contributed by atoms with Crippen molar-refractivity contribution in [2.45, 2.75) is 39.7 Å². The van der Waals surface area contributed by atoms with E-state index < -0.39 is 0 Å². The van der Waals surface area contributed by atoms with Gasteiger partial charge in [-0.1, -0.05) is 49.3 Å². The molecule has 4 nitrogen and oxygen atoms in total. The second-order valence-corrected chi connectivity index (χ2v) is 7.46. The lowest BCUT2D eigenvalue weighted by molar-refractivity contribution is 0.329. The first-order valence-corrected chi connectivity index (χ1v) is 8.20. The van der Waals surface area contributed by atoms with E-state index in [1.54, 1.807) is 0 Å². The summed E-state index contributed by atoms with van der Waals surface area (Å²) in [5.41, 5.74) is 3.85. The Morgan fingerprint density at radius 3 is 2.52 bits per heavy atom. The molecule has 122 valence electrons. The molecule has 1 aliphatic rings. The molecule has 0 unspecified atom stereocenters. The highest BCUT2D eigenvalue weighted by atomic mass is 16.5. The molecule has 3 rings (SSSR count). The van der Waals surface area contributed by atoms with Gasteiger partial charge in [0.15, 0.2) is 0 Å². The van der Waals surface area contributed by atoms with E-state index >= 15 is 0 Å². The van der Waals surface area contributed by atoms with E-state index in [2.05, 4.69) is 73.3 Å². The normalized spacial score (nSPS) is 17.3. The van der Waals surface area contributed by atoms with E-state index in [9.17, 15) is 0 Å². The average Bonchev–Trinajstić information content (AvgIpc) is 2.97. The monoisotopic (exact) mass is 311 g/mol. The topological polar surface area (TPSA) is 42.2 Å². The van der Waals surface area contributed by atoms with Crippen molar-refractivity contribution in [1.29, 1.82) is 0 Å². The van der Waals surface area contributed by atoms with Gasteiger partial charge in [-0.25, -0.2) is 0 Å². The van der Waals surface area contributed by atoms with Crippen LogP contribution in [-0.2, 0) is 6.54 Å². The van der Waals surface area contributed by atoms with Gasteiger partial charge < -0.3 is 9.42 Å². The molecule has 0 radical (unpaired) electrons. The van der Waals surface area contributed by atoms with Crippen LogP contribution in [0.25, 0.3) is 17.0 Å². The minimum atomic E-state index is 0.384. The highest BCUT2D eigenvalue weighted by Gasteiger charge is 2.24. The van der Waals surface area contributed by atoms with Gasteiger partial charge in [0.1, 0.15) is 0 Å². The molecule has 0 saturated heterocycles. The third-order valence-electron chi connectivity index (χ3n) is 4.38. The number of aromatic nitrogens is 2. The summed E-state index contributed by atoms with van der Waals surface area (Å²) in [4.78, 5) is 6.74. The van der Waals surface area contributed by atoms with Crippen LogP contribution in [0.1, 0.15) is 44.6 Å². The van der Waals surface area contributed by atoms with Crippen LogP contribution in [0, 0.1) is 5.41 Å². The zero-order chi connectivity index (χ0) is 16.4. The van der Waals surface area contributed by atoms with Crippen LogP contribution in [0.2, 0.25) is 0 Å². The van der Waals surface area contributed by atoms with Crippen LogP contribution in [0.15, 0.2) is 34.9 Å². The molecule has 0 spiro atoms. The van der Waals surface area contributed by atoms with Crippen LogP contribution in [-0.4, -0.2) is 29.1 Å². The summed E-state index contributed by atoms with van der Waals surface area (Å²) in [7, 11) is 4.14. The summed E-state index contributed by atoms with van der Waals surface area (Å²) in [5.74, 6) is 1.34. The lowest BCUT2D eigenvalue weighted by Gasteiger charge is -2.27. The highest BCUT2D eigenvalue weighted by Crippen LogP contribution is 2.37. The zero-order valence-corrected chi connectivity index (χ0v) is 14.5. The van der Waals surface area contributed by atoms with Crippen molar-refractivity contribution in [1.82, 2.24) is 15.0 Å². The summed E-state index contributed by atoms with van der Waals surface area (Å²) < 4.78 is 5.48. The summed E-state index contributed by atoms with van der Waals surface area (Å²) in [6.07, 6.45) is 5.49. The molecule has 0 fully saturated rings. The minimum absolute atomic E-state index is 0.384. The van der Waals surface area contributed by atoms with E-state index in [0.29, 0.717) is 17.1 Å². The molecule has 0 N–H and O–H groups in total. The van der Waals surface area contributed by atoms with Crippen LogP contribution in [0.5, 0.6) is 0 Å². The first-order chi connectivity index (χ1) is 10.9. The molecule has 2 aromatic rings. The fourth-order valence-corrected chi connectivity index (χ4v) is 2.87. The zero-order valence-electron chi connectivity index (χ0n) is 14.5. The van der Waals surface area contributed by atoms with E-state index in [-0.39, 0.29) is 0 Å². The Morgan fingerprint density at radius 1 is 1.17 bits per heavy atom. The minimum Gasteiger partial charge on any atom is -0.334 e. The Balaban J connectivity index is 1.76. The molecule has 1 aromatic heterocycles. The van der Waals surface area contributed by atoms with Crippen LogP contribution < -0.4 is 0 Å². The number of nitrogens with zero attached hydrogens (tertiary/aromatic N) is 3. The SMILES string of the molecule is CN(C)Cc1ccc(-c2noc(C3=CCC(C)(C)CC3)n2)cc1. The van der Waals surface area contributed by atoms with Crippen molar-refractivity contribution in [2.24, 2.45) is 5.41 Å². The van der Waals surface area contributed by atoms with Crippen LogP contribution >= 0.6 is 0 Å². The molecule has 23 heavy (non-hydrogen) atoms. The van der Waals surface area contributed by atoms with E-state index in [0.717, 1.165) is 31.4 Å². The maximum atomic E-state index is 5.48. The van der Waals surface area contributed by atoms with Gasteiger partial charge in [0.25, 0.3) is 5.89 Å². The molecule has 0 atom stereocenters. The quantitative estimate of drug-likeness (QED) is 0.839. The Labute approximate surface area is 138 Å². The Morgan fingerprint density at radius 2 is 1.91 bits per heavy atom. The molecule has 1 aliphatic carbocycles. The van der Waals surface area contributed by atoms with Gasteiger partial charge in [-0.2, -0.15) is 4.98 Å². The molecular formula is C19H25N3O. The fraction of sp³-hybridized carbons (Fsp3) is 0.474. The molecule has 4 heteroatoms. The van der Waals surface area contributed by atoms with Gasteiger partial charge in [-0.05, 0) is 44.3 Å². The predicted octanol–water partition coefficient (Wildman–Crippen LogP) is 4.39. The first-order valence-electron chi connectivity index (χ1n) is 8.20. The number of allylic oxidation sites excluding steroid dienone is 2.